The molecule has 0 radical (unpaired) electrons. The van der Waals surface area contributed by atoms with Crippen molar-refractivity contribution in [3.8, 4) is 0 Å². The van der Waals surface area contributed by atoms with Gasteiger partial charge in [0.2, 0.25) is 5.91 Å². The van der Waals surface area contributed by atoms with Gasteiger partial charge in [-0.3, -0.25) is 4.79 Å². The van der Waals surface area contributed by atoms with E-state index >= 15 is 0 Å². The van der Waals surface area contributed by atoms with Gasteiger partial charge in [0, 0.05) is 58.5 Å². The molecular weight excluding hydrogens is 280 g/mol. The minimum Gasteiger partial charge on any atom is -0.381 e. The Balaban J connectivity index is 1.31. The Bertz CT molecular complexity index is 344. The van der Waals surface area contributed by atoms with Gasteiger partial charge in [-0.25, -0.2) is 0 Å². The highest BCUT2D eigenvalue weighted by molar-refractivity contribution is 5.76. The van der Waals surface area contributed by atoms with E-state index in [-0.39, 0.29) is 5.91 Å². The molecule has 0 aromatic carbocycles. The first-order valence-corrected chi connectivity index (χ1v) is 8.97. The predicted molar refractivity (Wildman–Crippen MR) is 84.7 cm³/mol. The lowest BCUT2D eigenvalue weighted by Crippen LogP contribution is -2.46. The SMILES string of the molecule is O=C(CC1CCOC1)NC1CCN(CC2CCOCC2)CC1. The van der Waals surface area contributed by atoms with Crippen molar-refractivity contribution in [3.63, 3.8) is 0 Å². The zero-order valence-electron chi connectivity index (χ0n) is 13.6. The maximum atomic E-state index is 12.1. The lowest BCUT2D eigenvalue weighted by Gasteiger charge is -2.35. The van der Waals surface area contributed by atoms with Crippen molar-refractivity contribution in [1.82, 2.24) is 10.2 Å². The fraction of sp³-hybridized carbons (Fsp3) is 0.941. The number of amides is 1. The summed E-state index contributed by atoms with van der Waals surface area (Å²) in [6.07, 6.45) is 6.28. The van der Waals surface area contributed by atoms with Crippen LogP contribution in [0.5, 0.6) is 0 Å². The first-order valence-electron chi connectivity index (χ1n) is 8.97. The monoisotopic (exact) mass is 310 g/mol. The van der Waals surface area contributed by atoms with Crippen LogP contribution >= 0.6 is 0 Å². The van der Waals surface area contributed by atoms with Gasteiger partial charge in [0.25, 0.3) is 0 Å². The Morgan fingerprint density at radius 2 is 1.64 bits per heavy atom. The predicted octanol–water partition coefficient (Wildman–Crippen LogP) is 1.42. The number of nitrogens with zero attached hydrogens (tertiary/aromatic N) is 1. The second-order valence-corrected chi connectivity index (χ2v) is 7.13. The summed E-state index contributed by atoms with van der Waals surface area (Å²) in [6, 6.07) is 0.376. The van der Waals surface area contributed by atoms with Crippen LogP contribution in [-0.4, -0.2) is 62.9 Å². The molecule has 0 spiro atoms. The van der Waals surface area contributed by atoms with Crippen LogP contribution in [-0.2, 0) is 14.3 Å². The lowest BCUT2D eigenvalue weighted by molar-refractivity contribution is -0.123. The maximum Gasteiger partial charge on any atom is 0.220 e. The zero-order valence-corrected chi connectivity index (χ0v) is 13.6. The minimum absolute atomic E-state index is 0.221. The summed E-state index contributed by atoms with van der Waals surface area (Å²) < 4.78 is 10.8. The van der Waals surface area contributed by atoms with E-state index in [4.69, 9.17) is 9.47 Å². The Hall–Kier alpha value is -0.650. The third-order valence-corrected chi connectivity index (χ3v) is 5.31. The molecule has 22 heavy (non-hydrogen) atoms. The molecule has 3 heterocycles. The standard InChI is InChI=1S/C17H30N2O3/c20-17(11-15-5-10-22-13-15)18-16-1-6-19(7-2-16)12-14-3-8-21-9-4-14/h14-16H,1-13H2,(H,18,20). The second-order valence-electron chi connectivity index (χ2n) is 7.13. The van der Waals surface area contributed by atoms with E-state index in [0.717, 1.165) is 64.7 Å². The van der Waals surface area contributed by atoms with E-state index in [1.54, 1.807) is 0 Å². The molecule has 3 aliphatic rings. The van der Waals surface area contributed by atoms with Crippen molar-refractivity contribution < 1.29 is 14.3 Å². The molecule has 0 bridgehead atoms. The molecular formula is C17H30N2O3. The van der Waals surface area contributed by atoms with Crippen molar-refractivity contribution in [2.24, 2.45) is 11.8 Å². The first kappa shape index (κ1) is 16.2. The van der Waals surface area contributed by atoms with Gasteiger partial charge < -0.3 is 19.7 Å². The van der Waals surface area contributed by atoms with Crippen LogP contribution in [0.15, 0.2) is 0 Å². The third-order valence-electron chi connectivity index (χ3n) is 5.31. The van der Waals surface area contributed by atoms with Crippen LogP contribution in [0, 0.1) is 11.8 Å². The summed E-state index contributed by atoms with van der Waals surface area (Å²) in [5, 5.41) is 3.23. The van der Waals surface area contributed by atoms with Crippen LogP contribution < -0.4 is 5.32 Å². The smallest absolute Gasteiger partial charge is 0.220 e. The van der Waals surface area contributed by atoms with Gasteiger partial charge >= 0.3 is 0 Å². The molecule has 5 nitrogen and oxygen atoms in total. The summed E-state index contributed by atoms with van der Waals surface area (Å²) >= 11 is 0. The maximum absolute atomic E-state index is 12.1. The van der Waals surface area contributed by atoms with Gasteiger partial charge in [-0.1, -0.05) is 0 Å². The summed E-state index contributed by atoms with van der Waals surface area (Å²) in [5.74, 6) is 1.47. The normalized spacial score (nSPS) is 28.8. The lowest BCUT2D eigenvalue weighted by atomic mass is 9.97. The second kappa shape index (κ2) is 8.27. The van der Waals surface area contributed by atoms with Gasteiger partial charge in [-0.2, -0.15) is 0 Å². The quantitative estimate of drug-likeness (QED) is 0.834. The van der Waals surface area contributed by atoms with Crippen molar-refractivity contribution in [3.05, 3.63) is 0 Å². The highest BCUT2D eigenvalue weighted by atomic mass is 16.5. The highest BCUT2D eigenvalue weighted by Crippen LogP contribution is 2.20. The van der Waals surface area contributed by atoms with Gasteiger partial charge in [-0.15, -0.1) is 0 Å². The van der Waals surface area contributed by atoms with E-state index in [1.165, 1.54) is 19.4 Å². The summed E-state index contributed by atoms with van der Waals surface area (Å²) in [5.41, 5.74) is 0. The molecule has 3 rings (SSSR count). The third kappa shape index (κ3) is 4.93. The summed E-state index contributed by atoms with van der Waals surface area (Å²) in [4.78, 5) is 14.6. The molecule has 3 fully saturated rings. The van der Waals surface area contributed by atoms with Gasteiger partial charge in [0.15, 0.2) is 0 Å². The van der Waals surface area contributed by atoms with Crippen LogP contribution in [0.1, 0.15) is 38.5 Å². The Labute approximate surface area is 133 Å². The van der Waals surface area contributed by atoms with Crippen LogP contribution in [0.3, 0.4) is 0 Å². The molecule has 126 valence electrons. The molecule has 3 saturated heterocycles. The zero-order chi connectivity index (χ0) is 15.2. The van der Waals surface area contributed by atoms with Crippen molar-refractivity contribution in [2.75, 3.05) is 46.1 Å². The Morgan fingerprint density at radius 3 is 2.32 bits per heavy atom. The molecule has 0 aromatic rings. The fourth-order valence-electron chi connectivity index (χ4n) is 3.85. The number of likely N-dealkylation sites (tertiary alicyclic amines) is 1. The number of ether oxygens (including phenoxy) is 2. The number of piperidine rings is 1. The number of hydrogen-bond acceptors (Lipinski definition) is 4. The van der Waals surface area contributed by atoms with E-state index in [1.807, 2.05) is 0 Å². The van der Waals surface area contributed by atoms with E-state index < -0.39 is 0 Å². The largest absolute Gasteiger partial charge is 0.381 e. The van der Waals surface area contributed by atoms with E-state index in [2.05, 4.69) is 10.2 Å². The summed E-state index contributed by atoms with van der Waals surface area (Å²) in [7, 11) is 0. The van der Waals surface area contributed by atoms with Crippen LogP contribution in [0.25, 0.3) is 0 Å². The molecule has 5 heteroatoms. The van der Waals surface area contributed by atoms with Gasteiger partial charge in [0.1, 0.15) is 0 Å². The summed E-state index contributed by atoms with van der Waals surface area (Å²) in [6.45, 7) is 6.90. The molecule has 0 aliphatic carbocycles. The number of carbonyl (C=O) groups excluding carboxylic acids is 1. The molecule has 1 N–H and O–H groups in total. The molecule has 1 atom stereocenters. The van der Waals surface area contributed by atoms with Crippen LogP contribution in [0.4, 0.5) is 0 Å². The van der Waals surface area contributed by atoms with Crippen molar-refractivity contribution >= 4 is 5.91 Å². The molecule has 0 saturated carbocycles. The number of rotatable bonds is 5. The first-order chi connectivity index (χ1) is 10.8. The number of hydrogen-bond donors (Lipinski definition) is 1. The van der Waals surface area contributed by atoms with E-state index in [9.17, 15) is 4.79 Å². The molecule has 0 aromatic heterocycles. The van der Waals surface area contributed by atoms with E-state index in [0.29, 0.717) is 18.4 Å². The number of nitrogens with one attached hydrogen (secondary N) is 1. The molecule has 1 unspecified atom stereocenters. The average Bonchev–Trinajstić information content (AvgIpc) is 3.03. The highest BCUT2D eigenvalue weighted by Gasteiger charge is 2.25. The van der Waals surface area contributed by atoms with Gasteiger partial charge in [-0.05, 0) is 43.9 Å². The topological polar surface area (TPSA) is 50.8 Å². The van der Waals surface area contributed by atoms with Gasteiger partial charge in [0.05, 0.1) is 0 Å². The van der Waals surface area contributed by atoms with Crippen molar-refractivity contribution in [1.29, 1.82) is 0 Å². The van der Waals surface area contributed by atoms with Crippen LogP contribution in [0.2, 0.25) is 0 Å². The minimum atomic E-state index is 0.221. The fourth-order valence-corrected chi connectivity index (χ4v) is 3.85. The Morgan fingerprint density at radius 1 is 0.955 bits per heavy atom. The average molecular weight is 310 g/mol. The number of carbonyl (C=O) groups is 1. The van der Waals surface area contributed by atoms with Crippen molar-refractivity contribution in [2.45, 2.75) is 44.6 Å². The molecule has 3 aliphatic heterocycles. The Kier molecular flexibility index (Phi) is 6.10. The molecule has 1 amide bonds.